The van der Waals surface area contributed by atoms with E-state index in [2.05, 4.69) is 15.6 Å². The Morgan fingerprint density at radius 1 is 1.27 bits per heavy atom. The minimum absolute atomic E-state index is 0.0328. The van der Waals surface area contributed by atoms with Gasteiger partial charge in [0.2, 0.25) is 0 Å². The second kappa shape index (κ2) is 5.02. The molecule has 0 N–H and O–H groups in total. The summed E-state index contributed by atoms with van der Waals surface area (Å²) in [5.74, 6) is 1.38. The van der Waals surface area contributed by atoms with Crippen LogP contribution in [0.5, 0.6) is 0 Å². The summed E-state index contributed by atoms with van der Waals surface area (Å²) < 4.78 is 7.47. The number of imidazole rings is 1. The van der Waals surface area contributed by atoms with Crippen LogP contribution in [-0.4, -0.2) is 33.4 Å². The Bertz CT molecular complexity index is 820. The maximum absolute atomic E-state index is 12.4. The van der Waals surface area contributed by atoms with E-state index in [0.29, 0.717) is 12.3 Å². The van der Waals surface area contributed by atoms with Crippen molar-refractivity contribution in [3.05, 3.63) is 54.2 Å². The number of hydrogen-bond donors (Lipinski definition) is 0. The SMILES string of the molecule is Cc1nc2ccccc2n1[C@H]1CCN(C(=O)c2ccco2)C1. The number of aromatic nitrogens is 2. The highest BCUT2D eigenvalue weighted by Crippen LogP contribution is 2.28. The number of nitrogens with zero attached hydrogens (tertiary/aromatic N) is 3. The lowest BCUT2D eigenvalue weighted by Crippen LogP contribution is -2.28. The predicted molar refractivity (Wildman–Crippen MR) is 82.7 cm³/mol. The molecule has 22 heavy (non-hydrogen) atoms. The fraction of sp³-hybridized carbons (Fsp3) is 0.294. The van der Waals surface area contributed by atoms with Crippen molar-refractivity contribution in [3.8, 4) is 0 Å². The predicted octanol–water partition coefficient (Wildman–Crippen LogP) is 3.02. The first-order valence-electron chi connectivity index (χ1n) is 7.50. The fourth-order valence-corrected chi connectivity index (χ4v) is 3.32. The van der Waals surface area contributed by atoms with E-state index in [1.165, 1.54) is 6.26 Å². The second-order valence-corrected chi connectivity index (χ2v) is 5.69. The van der Waals surface area contributed by atoms with E-state index in [0.717, 1.165) is 29.8 Å². The molecule has 1 atom stereocenters. The molecule has 3 aromatic rings. The molecule has 0 radical (unpaired) electrons. The number of carbonyl (C=O) groups excluding carboxylic acids is 1. The van der Waals surface area contributed by atoms with Crippen molar-refractivity contribution in [2.45, 2.75) is 19.4 Å². The van der Waals surface area contributed by atoms with Gasteiger partial charge in [-0.2, -0.15) is 0 Å². The third-order valence-corrected chi connectivity index (χ3v) is 4.32. The van der Waals surface area contributed by atoms with Gasteiger partial charge in [0, 0.05) is 13.1 Å². The van der Waals surface area contributed by atoms with Crippen LogP contribution in [0.3, 0.4) is 0 Å². The molecule has 1 aromatic carbocycles. The molecule has 2 aromatic heterocycles. The molecule has 0 aliphatic carbocycles. The molecule has 1 saturated heterocycles. The number of aryl methyl sites for hydroxylation is 1. The number of likely N-dealkylation sites (tertiary alicyclic amines) is 1. The molecule has 1 aliphatic rings. The lowest BCUT2D eigenvalue weighted by molar-refractivity contribution is 0.0756. The number of para-hydroxylation sites is 2. The molecule has 5 nitrogen and oxygen atoms in total. The Morgan fingerprint density at radius 3 is 2.95 bits per heavy atom. The maximum atomic E-state index is 12.4. The van der Waals surface area contributed by atoms with Crippen LogP contribution < -0.4 is 0 Å². The molecule has 0 spiro atoms. The average molecular weight is 295 g/mol. The van der Waals surface area contributed by atoms with Crippen LogP contribution in [0.1, 0.15) is 28.8 Å². The number of furan rings is 1. The van der Waals surface area contributed by atoms with Crippen LogP contribution in [-0.2, 0) is 0 Å². The van der Waals surface area contributed by atoms with Gasteiger partial charge in [0.1, 0.15) is 5.82 Å². The Hall–Kier alpha value is -2.56. The quantitative estimate of drug-likeness (QED) is 0.730. The lowest BCUT2D eigenvalue weighted by Gasteiger charge is -2.17. The van der Waals surface area contributed by atoms with Gasteiger partial charge in [0.05, 0.1) is 23.3 Å². The molecule has 4 rings (SSSR count). The molecule has 5 heteroatoms. The van der Waals surface area contributed by atoms with Crippen LogP contribution in [0.4, 0.5) is 0 Å². The average Bonchev–Trinajstić information content (AvgIpc) is 3.25. The van der Waals surface area contributed by atoms with Crippen molar-refractivity contribution in [2.24, 2.45) is 0 Å². The number of amides is 1. The zero-order valence-electron chi connectivity index (χ0n) is 12.4. The first-order valence-corrected chi connectivity index (χ1v) is 7.50. The van der Waals surface area contributed by atoms with Gasteiger partial charge in [-0.05, 0) is 37.6 Å². The first-order chi connectivity index (χ1) is 10.7. The summed E-state index contributed by atoms with van der Waals surface area (Å²) in [6, 6.07) is 11.9. The lowest BCUT2D eigenvalue weighted by atomic mass is 10.2. The minimum Gasteiger partial charge on any atom is -0.459 e. The summed E-state index contributed by atoms with van der Waals surface area (Å²) in [6.45, 7) is 3.47. The van der Waals surface area contributed by atoms with Crippen LogP contribution in [0.2, 0.25) is 0 Å². The number of carbonyl (C=O) groups is 1. The third kappa shape index (κ3) is 2.01. The Morgan fingerprint density at radius 2 is 2.14 bits per heavy atom. The maximum Gasteiger partial charge on any atom is 0.289 e. The van der Waals surface area contributed by atoms with Crippen LogP contribution >= 0.6 is 0 Å². The smallest absolute Gasteiger partial charge is 0.289 e. The van der Waals surface area contributed by atoms with Crippen LogP contribution in [0, 0.1) is 6.92 Å². The van der Waals surface area contributed by atoms with Crippen LogP contribution in [0.25, 0.3) is 11.0 Å². The summed E-state index contributed by atoms with van der Waals surface area (Å²) in [4.78, 5) is 18.9. The summed E-state index contributed by atoms with van der Waals surface area (Å²) in [7, 11) is 0. The van der Waals surface area contributed by atoms with Gasteiger partial charge in [0.15, 0.2) is 5.76 Å². The zero-order chi connectivity index (χ0) is 15.1. The third-order valence-electron chi connectivity index (χ3n) is 4.32. The largest absolute Gasteiger partial charge is 0.459 e. The van der Waals surface area contributed by atoms with E-state index in [1.54, 1.807) is 12.1 Å². The molecule has 3 heterocycles. The fourth-order valence-electron chi connectivity index (χ4n) is 3.32. The molecule has 0 saturated carbocycles. The van der Waals surface area contributed by atoms with Crippen molar-refractivity contribution >= 4 is 16.9 Å². The summed E-state index contributed by atoms with van der Waals surface area (Å²) >= 11 is 0. The summed E-state index contributed by atoms with van der Waals surface area (Å²) in [6.07, 6.45) is 2.47. The van der Waals surface area contributed by atoms with Gasteiger partial charge in [0.25, 0.3) is 5.91 Å². The van der Waals surface area contributed by atoms with Crippen LogP contribution in [0.15, 0.2) is 47.1 Å². The standard InChI is InChI=1S/C17H17N3O2/c1-12-18-14-5-2-3-6-15(14)20(12)13-8-9-19(11-13)17(21)16-7-4-10-22-16/h2-7,10,13H,8-9,11H2,1H3/t13-/m0/s1. The Labute approximate surface area is 128 Å². The van der Waals surface area contributed by atoms with Crippen molar-refractivity contribution < 1.29 is 9.21 Å². The first kappa shape index (κ1) is 13.1. The normalized spacial score (nSPS) is 18.2. The monoisotopic (exact) mass is 295 g/mol. The van der Waals surface area contributed by atoms with Crippen molar-refractivity contribution in [1.29, 1.82) is 0 Å². The Kier molecular flexibility index (Phi) is 2.99. The van der Waals surface area contributed by atoms with Gasteiger partial charge in [-0.15, -0.1) is 0 Å². The highest BCUT2D eigenvalue weighted by molar-refractivity contribution is 5.91. The topological polar surface area (TPSA) is 51.3 Å². The van der Waals surface area contributed by atoms with Gasteiger partial charge < -0.3 is 13.9 Å². The van der Waals surface area contributed by atoms with Gasteiger partial charge in [-0.25, -0.2) is 4.98 Å². The number of benzene rings is 1. The highest BCUT2D eigenvalue weighted by Gasteiger charge is 2.30. The number of rotatable bonds is 2. The minimum atomic E-state index is -0.0328. The van der Waals surface area contributed by atoms with Crippen molar-refractivity contribution in [1.82, 2.24) is 14.5 Å². The van der Waals surface area contributed by atoms with Gasteiger partial charge in [-0.3, -0.25) is 4.79 Å². The molecule has 1 aliphatic heterocycles. The van der Waals surface area contributed by atoms with Crippen molar-refractivity contribution in [3.63, 3.8) is 0 Å². The highest BCUT2D eigenvalue weighted by atomic mass is 16.3. The van der Waals surface area contributed by atoms with Gasteiger partial charge in [-0.1, -0.05) is 12.1 Å². The summed E-state index contributed by atoms with van der Waals surface area (Å²) in [5, 5.41) is 0. The molecular formula is C17H17N3O2. The molecule has 1 fully saturated rings. The van der Waals surface area contributed by atoms with E-state index in [9.17, 15) is 4.79 Å². The second-order valence-electron chi connectivity index (χ2n) is 5.69. The molecule has 1 amide bonds. The summed E-state index contributed by atoms with van der Waals surface area (Å²) in [5.41, 5.74) is 2.15. The van der Waals surface area contributed by atoms with Gasteiger partial charge >= 0.3 is 0 Å². The molecular weight excluding hydrogens is 278 g/mol. The molecule has 0 unspecified atom stereocenters. The molecule has 0 bridgehead atoms. The number of fused-ring (bicyclic) bond motifs is 1. The Balaban J connectivity index is 1.62. The zero-order valence-corrected chi connectivity index (χ0v) is 12.4. The van der Waals surface area contributed by atoms with E-state index < -0.39 is 0 Å². The van der Waals surface area contributed by atoms with E-state index in [1.807, 2.05) is 30.0 Å². The molecule has 112 valence electrons. The van der Waals surface area contributed by atoms with E-state index in [-0.39, 0.29) is 11.9 Å². The van der Waals surface area contributed by atoms with E-state index in [4.69, 9.17) is 4.42 Å². The number of hydrogen-bond acceptors (Lipinski definition) is 3. The van der Waals surface area contributed by atoms with Crippen molar-refractivity contribution in [2.75, 3.05) is 13.1 Å². The van der Waals surface area contributed by atoms with E-state index >= 15 is 0 Å².